The molecule has 26 heavy (non-hydrogen) atoms. The number of piperidine rings is 1. The van der Waals surface area contributed by atoms with E-state index in [9.17, 15) is 13.6 Å². The van der Waals surface area contributed by atoms with E-state index in [1.165, 1.54) is 43.5 Å². The summed E-state index contributed by atoms with van der Waals surface area (Å²) in [6, 6.07) is 12.9. The fourth-order valence-corrected chi connectivity index (χ4v) is 3.69. The van der Waals surface area contributed by atoms with Gasteiger partial charge in [-0.25, -0.2) is 8.78 Å². The fourth-order valence-electron chi connectivity index (χ4n) is 3.69. The zero-order valence-electron chi connectivity index (χ0n) is 15.0. The number of ketones is 1. The lowest BCUT2D eigenvalue weighted by atomic mass is 9.95. The predicted octanol–water partition coefficient (Wildman–Crippen LogP) is 5.08. The molecule has 1 fully saturated rings. The molecule has 0 spiro atoms. The number of likely N-dealkylation sites (tertiary alicyclic amines) is 1. The van der Waals surface area contributed by atoms with Crippen LogP contribution in [0.25, 0.3) is 0 Å². The quantitative estimate of drug-likeness (QED) is 0.688. The standard InChI is InChI=1S/C22H25F2NO/c23-19-8-4-17(5-9-19)16-21(26)12-13-22(25-14-2-1-3-15-25)18-6-10-20(24)11-7-18/h4-11,22H,1-3,12-16H2. The van der Waals surface area contributed by atoms with Crippen LogP contribution in [0.4, 0.5) is 8.78 Å². The number of nitrogens with zero attached hydrogens (tertiary/aromatic N) is 1. The topological polar surface area (TPSA) is 20.3 Å². The summed E-state index contributed by atoms with van der Waals surface area (Å²) in [5.74, 6) is -0.373. The van der Waals surface area contributed by atoms with Crippen LogP contribution in [-0.4, -0.2) is 23.8 Å². The van der Waals surface area contributed by atoms with Crippen molar-refractivity contribution in [3.63, 3.8) is 0 Å². The summed E-state index contributed by atoms with van der Waals surface area (Å²) < 4.78 is 26.3. The van der Waals surface area contributed by atoms with Crippen molar-refractivity contribution in [1.29, 1.82) is 0 Å². The Morgan fingerprint density at radius 3 is 2.08 bits per heavy atom. The molecule has 0 N–H and O–H groups in total. The Morgan fingerprint density at radius 1 is 0.885 bits per heavy atom. The molecule has 2 nitrogen and oxygen atoms in total. The highest BCUT2D eigenvalue weighted by Crippen LogP contribution is 2.29. The molecule has 0 aromatic heterocycles. The average molecular weight is 357 g/mol. The Morgan fingerprint density at radius 2 is 1.46 bits per heavy atom. The van der Waals surface area contributed by atoms with Gasteiger partial charge in [0.25, 0.3) is 0 Å². The Bertz CT molecular complexity index is 706. The highest BCUT2D eigenvalue weighted by atomic mass is 19.1. The first-order chi connectivity index (χ1) is 12.6. The van der Waals surface area contributed by atoms with E-state index in [2.05, 4.69) is 4.90 Å². The number of carbonyl (C=O) groups excluding carboxylic acids is 1. The average Bonchev–Trinajstić information content (AvgIpc) is 2.66. The van der Waals surface area contributed by atoms with E-state index in [1.807, 2.05) is 12.1 Å². The molecule has 1 aliphatic rings. The highest BCUT2D eigenvalue weighted by molar-refractivity contribution is 5.80. The van der Waals surface area contributed by atoms with Gasteiger partial charge in [-0.2, -0.15) is 0 Å². The molecule has 1 saturated heterocycles. The van der Waals surface area contributed by atoms with Gasteiger partial charge in [0.2, 0.25) is 0 Å². The molecule has 4 heteroatoms. The van der Waals surface area contributed by atoms with Crippen molar-refractivity contribution < 1.29 is 13.6 Å². The van der Waals surface area contributed by atoms with Gasteiger partial charge in [0.05, 0.1) is 0 Å². The monoisotopic (exact) mass is 357 g/mol. The third-order valence-corrected chi connectivity index (χ3v) is 5.10. The second-order valence-electron chi connectivity index (χ2n) is 7.04. The molecule has 0 amide bonds. The van der Waals surface area contributed by atoms with Crippen molar-refractivity contribution in [1.82, 2.24) is 4.90 Å². The maximum atomic E-state index is 13.3. The van der Waals surface area contributed by atoms with Crippen LogP contribution < -0.4 is 0 Å². The zero-order chi connectivity index (χ0) is 18.4. The summed E-state index contributed by atoms with van der Waals surface area (Å²) >= 11 is 0. The molecule has 0 saturated carbocycles. The van der Waals surface area contributed by atoms with Gasteiger partial charge in [-0.05, 0) is 67.7 Å². The maximum absolute atomic E-state index is 13.3. The minimum absolute atomic E-state index is 0.146. The van der Waals surface area contributed by atoms with Crippen molar-refractivity contribution in [2.24, 2.45) is 0 Å². The zero-order valence-corrected chi connectivity index (χ0v) is 15.0. The lowest BCUT2D eigenvalue weighted by Crippen LogP contribution is -2.34. The second-order valence-corrected chi connectivity index (χ2v) is 7.04. The first kappa shape index (κ1) is 18.7. The fraction of sp³-hybridized carbons (Fsp3) is 0.409. The van der Waals surface area contributed by atoms with Gasteiger partial charge in [0, 0.05) is 18.9 Å². The van der Waals surface area contributed by atoms with E-state index < -0.39 is 0 Å². The van der Waals surface area contributed by atoms with Gasteiger partial charge in [-0.3, -0.25) is 9.69 Å². The van der Waals surface area contributed by atoms with E-state index in [0.717, 1.165) is 30.6 Å². The molecular formula is C22H25F2NO. The van der Waals surface area contributed by atoms with E-state index in [4.69, 9.17) is 0 Å². The van der Waals surface area contributed by atoms with Crippen LogP contribution >= 0.6 is 0 Å². The molecule has 1 heterocycles. The molecule has 1 unspecified atom stereocenters. The number of benzene rings is 2. The summed E-state index contributed by atoms with van der Waals surface area (Å²) in [4.78, 5) is 14.8. The summed E-state index contributed by atoms with van der Waals surface area (Å²) in [5.41, 5.74) is 1.91. The number of carbonyl (C=O) groups is 1. The first-order valence-electron chi connectivity index (χ1n) is 9.37. The predicted molar refractivity (Wildman–Crippen MR) is 98.9 cm³/mol. The summed E-state index contributed by atoms with van der Waals surface area (Å²) in [7, 11) is 0. The van der Waals surface area contributed by atoms with Crippen LogP contribution in [0.3, 0.4) is 0 Å². The first-order valence-corrected chi connectivity index (χ1v) is 9.37. The summed E-state index contributed by atoms with van der Waals surface area (Å²) in [6.45, 7) is 2.04. The van der Waals surface area contributed by atoms with Crippen molar-refractivity contribution >= 4 is 5.78 Å². The molecule has 2 aromatic rings. The van der Waals surface area contributed by atoms with Gasteiger partial charge < -0.3 is 0 Å². The van der Waals surface area contributed by atoms with Crippen LogP contribution in [0.15, 0.2) is 48.5 Å². The van der Waals surface area contributed by atoms with Crippen LogP contribution in [0.2, 0.25) is 0 Å². The van der Waals surface area contributed by atoms with Gasteiger partial charge in [-0.1, -0.05) is 30.7 Å². The number of rotatable bonds is 7. The second kappa shape index (κ2) is 9.04. The lowest BCUT2D eigenvalue weighted by molar-refractivity contribution is -0.118. The summed E-state index contributed by atoms with van der Waals surface area (Å²) in [5, 5.41) is 0. The van der Waals surface area contributed by atoms with Gasteiger partial charge >= 0.3 is 0 Å². The number of Topliss-reactive ketones (excluding diaryl/α,β-unsaturated/α-hetero) is 1. The van der Waals surface area contributed by atoms with Crippen molar-refractivity contribution in [3.05, 3.63) is 71.3 Å². The van der Waals surface area contributed by atoms with Crippen LogP contribution in [-0.2, 0) is 11.2 Å². The Kier molecular flexibility index (Phi) is 6.51. The van der Waals surface area contributed by atoms with Crippen molar-refractivity contribution in [2.75, 3.05) is 13.1 Å². The lowest BCUT2D eigenvalue weighted by Gasteiger charge is -2.35. The molecule has 0 aliphatic carbocycles. The molecular weight excluding hydrogens is 332 g/mol. The normalized spacial score (nSPS) is 16.4. The molecule has 0 radical (unpaired) electrons. The maximum Gasteiger partial charge on any atom is 0.137 e. The molecule has 138 valence electrons. The van der Waals surface area contributed by atoms with E-state index in [-0.39, 0.29) is 23.5 Å². The molecule has 0 bridgehead atoms. The minimum atomic E-state index is -0.289. The Labute approximate surface area is 153 Å². The van der Waals surface area contributed by atoms with Crippen LogP contribution in [0, 0.1) is 11.6 Å². The van der Waals surface area contributed by atoms with Crippen LogP contribution in [0.1, 0.15) is 49.3 Å². The number of hydrogen-bond donors (Lipinski definition) is 0. The molecule has 1 aliphatic heterocycles. The minimum Gasteiger partial charge on any atom is -0.299 e. The van der Waals surface area contributed by atoms with Crippen LogP contribution in [0.5, 0.6) is 0 Å². The summed E-state index contributed by atoms with van der Waals surface area (Å²) in [6.07, 6.45) is 5.11. The number of hydrogen-bond acceptors (Lipinski definition) is 2. The Hall–Kier alpha value is -2.07. The molecule has 2 aromatic carbocycles. The van der Waals surface area contributed by atoms with E-state index in [0.29, 0.717) is 12.8 Å². The van der Waals surface area contributed by atoms with Gasteiger partial charge in [0.15, 0.2) is 0 Å². The molecule has 3 rings (SSSR count). The highest BCUT2D eigenvalue weighted by Gasteiger charge is 2.23. The van der Waals surface area contributed by atoms with Gasteiger partial charge in [0.1, 0.15) is 17.4 Å². The SMILES string of the molecule is O=C(CCC(c1ccc(F)cc1)N1CCCCC1)Cc1ccc(F)cc1. The van der Waals surface area contributed by atoms with Crippen molar-refractivity contribution in [2.45, 2.75) is 44.6 Å². The largest absolute Gasteiger partial charge is 0.299 e. The Balaban J connectivity index is 1.64. The van der Waals surface area contributed by atoms with E-state index in [1.54, 1.807) is 12.1 Å². The van der Waals surface area contributed by atoms with Crippen molar-refractivity contribution in [3.8, 4) is 0 Å². The van der Waals surface area contributed by atoms with E-state index >= 15 is 0 Å². The third-order valence-electron chi connectivity index (χ3n) is 5.10. The number of halogens is 2. The third kappa shape index (κ3) is 5.21. The molecule has 1 atom stereocenters. The van der Waals surface area contributed by atoms with Gasteiger partial charge in [-0.15, -0.1) is 0 Å². The smallest absolute Gasteiger partial charge is 0.137 e.